The molecule has 0 spiro atoms. The zero-order chi connectivity index (χ0) is 14.5. The molecule has 1 aromatic carbocycles. The van der Waals surface area contributed by atoms with Crippen molar-refractivity contribution in [2.75, 3.05) is 0 Å². The van der Waals surface area contributed by atoms with Gasteiger partial charge in [-0.3, -0.25) is 4.98 Å². The summed E-state index contributed by atoms with van der Waals surface area (Å²) in [5.74, 6) is 0.508. The van der Waals surface area contributed by atoms with Gasteiger partial charge in [-0.1, -0.05) is 37.6 Å². The van der Waals surface area contributed by atoms with Gasteiger partial charge in [0.25, 0.3) is 0 Å². The molecule has 1 aromatic heterocycles. The van der Waals surface area contributed by atoms with Crippen LogP contribution in [-0.4, -0.2) is 4.98 Å². The van der Waals surface area contributed by atoms with Crippen molar-refractivity contribution >= 4 is 11.6 Å². The van der Waals surface area contributed by atoms with Crippen LogP contribution >= 0.6 is 11.6 Å². The Morgan fingerprint density at radius 2 is 1.85 bits per heavy atom. The molecule has 2 nitrogen and oxygen atoms in total. The third-order valence-electron chi connectivity index (χ3n) is 3.56. The molecular weight excluding hydrogens is 268 g/mol. The quantitative estimate of drug-likeness (QED) is 0.874. The first-order chi connectivity index (χ1) is 9.58. The zero-order valence-electron chi connectivity index (χ0n) is 12.2. The summed E-state index contributed by atoms with van der Waals surface area (Å²) in [5.41, 5.74) is 3.78. The first kappa shape index (κ1) is 15.0. The van der Waals surface area contributed by atoms with Gasteiger partial charge in [-0.25, -0.2) is 0 Å². The van der Waals surface area contributed by atoms with E-state index in [2.05, 4.69) is 43.2 Å². The molecule has 0 aliphatic heterocycles. The second kappa shape index (κ2) is 6.87. The highest BCUT2D eigenvalue weighted by molar-refractivity contribution is 6.30. The largest absolute Gasteiger partial charge is 0.306 e. The Bertz CT molecular complexity index is 549. The van der Waals surface area contributed by atoms with Crippen LogP contribution in [0.25, 0.3) is 0 Å². The van der Waals surface area contributed by atoms with Crippen molar-refractivity contribution in [1.29, 1.82) is 0 Å². The summed E-state index contributed by atoms with van der Waals surface area (Å²) in [7, 11) is 0. The molecule has 1 atom stereocenters. The summed E-state index contributed by atoms with van der Waals surface area (Å²) in [6.45, 7) is 7.39. The lowest BCUT2D eigenvalue weighted by Gasteiger charge is -2.23. The van der Waals surface area contributed by atoms with Crippen LogP contribution in [0.2, 0.25) is 5.02 Å². The van der Waals surface area contributed by atoms with E-state index in [9.17, 15) is 0 Å². The number of nitrogens with zero attached hydrogens (tertiary/aromatic N) is 1. The topological polar surface area (TPSA) is 24.9 Å². The predicted octanol–water partition coefficient (Wildman–Crippen LogP) is 4.53. The summed E-state index contributed by atoms with van der Waals surface area (Å²) < 4.78 is 0. The smallest absolute Gasteiger partial charge is 0.0406 e. The molecule has 0 fully saturated rings. The maximum absolute atomic E-state index is 5.96. The summed E-state index contributed by atoms with van der Waals surface area (Å²) in [4.78, 5) is 4.20. The van der Waals surface area contributed by atoms with Crippen LogP contribution in [0.5, 0.6) is 0 Å². The van der Waals surface area contributed by atoms with Gasteiger partial charge < -0.3 is 5.32 Å². The van der Waals surface area contributed by atoms with Gasteiger partial charge in [0.1, 0.15) is 0 Å². The second-order valence-electron chi connectivity index (χ2n) is 5.46. The number of pyridine rings is 1. The number of aryl methyl sites for hydroxylation is 1. The molecule has 0 bridgehead atoms. The molecule has 3 heteroatoms. The summed E-state index contributed by atoms with van der Waals surface area (Å²) in [6.07, 6.45) is 3.76. The molecule has 0 radical (unpaired) electrons. The molecule has 20 heavy (non-hydrogen) atoms. The maximum Gasteiger partial charge on any atom is 0.0406 e. The van der Waals surface area contributed by atoms with Crippen LogP contribution in [0.4, 0.5) is 0 Å². The van der Waals surface area contributed by atoms with Crippen molar-refractivity contribution < 1.29 is 0 Å². The average molecular weight is 289 g/mol. The fourth-order valence-electron chi connectivity index (χ4n) is 2.31. The van der Waals surface area contributed by atoms with Gasteiger partial charge in [-0.15, -0.1) is 0 Å². The van der Waals surface area contributed by atoms with Gasteiger partial charge in [0, 0.05) is 30.0 Å². The first-order valence-corrected chi connectivity index (χ1v) is 7.34. The molecule has 0 amide bonds. The van der Waals surface area contributed by atoms with Crippen molar-refractivity contribution in [3.8, 4) is 0 Å². The van der Waals surface area contributed by atoms with E-state index in [1.54, 1.807) is 0 Å². The van der Waals surface area contributed by atoms with E-state index in [0.717, 1.165) is 11.6 Å². The Kier molecular flexibility index (Phi) is 5.16. The fraction of sp³-hybridized carbons (Fsp3) is 0.353. The van der Waals surface area contributed by atoms with Crippen molar-refractivity contribution in [2.24, 2.45) is 5.92 Å². The molecule has 0 saturated carbocycles. The molecule has 1 unspecified atom stereocenters. The van der Waals surface area contributed by atoms with E-state index < -0.39 is 0 Å². The van der Waals surface area contributed by atoms with E-state index in [0.29, 0.717) is 12.0 Å². The Morgan fingerprint density at radius 1 is 1.15 bits per heavy atom. The van der Waals surface area contributed by atoms with Gasteiger partial charge in [-0.05, 0) is 47.7 Å². The lowest BCUT2D eigenvalue weighted by Crippen LogP contribution is -2.25. The standard InChI is InChI=1S/C17H21ClN2/c1-12(2)17(14-4-6-16(18)7-5-14)20-11-15-10-19-9-8-13(15)3/h4-10,12,17,20H,11H2,1-3H3. The van der Waals surface area contributed by atoms with Gasteiger partial charge in [0.15, 0.2) is 0 Å². The summed E-state index contributed by atoms with van der Waals surface area (Å²) >= 11 is 5.96. The SMILES string of the molecule is Cc1ccncc1CNC(c1ccc(Cl)cc1)C(C)C. The lowest BCUT2D eigenvalue weighted by atomic mass is 9.95. The van der Waals surface area contributed by atoms with Crippen molar-refractivity contribution in [2.45, 2.75) is 33.4 Å². The van der Waals surface area contributed by atoms with Crippen LogP contribution in [0.3, 0.4) is 0 Å². The Balaban J connectivity index is 2.11. The Morgan fingerprint density at radius 3 is 2.45 bits per heavy atom. The molecule has 106 valence electrons. The van der Waals surface area contributed by atoms with Crippen LogP contribution in [0.15, 0.2) is 42.7 Å². The lowest BCUT2D eigenvalue weighted by molar-refractivity contribution is 0.410. The average Bonchev–Trinajstić information content (AvgIpc) is 2.42. The predicted molar refractivity (Wildman–Crippen MR) is 84.8 cm³/mol. The molecule has 2 rings (SSSR count). The molecule has 0 aliphatic rings. The first-order valence-electron chi connectivity index (χ1n) is 6.96. The maximum atomic E-state index is 5.96. The van der Waals surface area contributed by atoms with Crippen molar-refractivity contribution in [3.63, 3.8) is 0 Å². The molecule has 2 aromatic rings. The van der Waals surface area contributed by atoms with Crippen LogP contribution in [-0.2, 0) is 6.54 Å². The number of halogens is 1. The van der Waals surface area contributed by atoms with Crippen LogP contribution in [0.1, 0.15) is 36.6 Å². The summed E-state index contributed by atoms with van der Waals surface area (Å²) in [5, 5.41) is 4.41. The number of benzene rings is 1. The Labute approximate surface area is 126 Å². The third kappa shape index (κ3) is 3.81. The second-order valence-corrected chi connectivity index (χ2v) is 5.89. The number of aromatic nitrogens is 1. The van der Waals surface area contributed by atoms with Crippen molar-refractivity contribution in [1.82, 2.24) is 10.3 Å². The number of nitrogens with one attached hydrogen (secondary N) is 1. The molecule has 0 saturated heterocycles. The van der Waals surface area contributed by atoms with E-state index in [-0.39, 0.29) is 0 Å². The highest BCUT2D eigenvalue weighted by Crippen LogP contribution is 2.23. The molecular formula is C17H21ClN2. The van der Waals surface area contributed by atoms with Crippen LogP contribution < -0.4 is 5.32 Å². The Hall–Kier alpha value is -1.38. The monoisotopic (exact) mass is 288 g/mol. The minimum atomic E-state index is 0.312. The van der Waals surface area contributed by atoms with Gasteiger partial charge in [0.05, 0.1) is 0 Å². The van der Waals surface area contributed by atoms with E-state index in [1.807, 2.05) is 30.6 Å². The number of rotatable bonds is 5. The number of hydrogen-bond acceptors (Lipinski definition) is 2. The molecule has 1 N–H and O–H groups in total. The third-order valence-corrected chi connectivity index (χ3v) is 3.81. The fourth-order valence-corrected chi connectivity index (χ4v) is 2.44. The minimum absolute atomic E-state index is 0.312. The van der Waals surface area contributed by atoms with E-state index >= 15 is 0 Å². The summed E-state index contributed by atoms with van der Waals surface area (Å²) in [6, 6.07) is 10.4. The normalized spacial score (nSPS) is 12.7. The van der Waals surface area contributed by atoms with Crippen LogP contribution in [0, 0.1) is 12.8 Å². The molecule has 0 aliphatic carbocycles. The van der Waals surface area contributed by atoms with E-state index in [1.165, 1.54) is 16.7 Å². The van der Waals surface area contributed by atoms with Gasteiger partial charge in [0.2, 0.25) is 0 Å². The highest BCUT2D eigenvalue weighted by atomic mass is 35.5. The van der Waals surface area contributed by atoms with Gasteiger partial charge >= 0.3 is 0 Å². The van der Waals surface area contributed by atoms with E-state index in [4.69, 9.17) is 11.6 Å². The highest BCUT2D eigenvalue weighted by Gasteiger charge is 2.15. The zero-order valence-corrected chi connectivity index (χ0v) is 13.0. The van der Waals surface area contributed by atoms with Gasteiger partial charge in [-0.2, -0.15) is 0 Å². The minimum Gasteiger partial charge on any atom is -0.306 e. The number of hydrogen-bond donors (Lipinski definition) is 1. The van der Waals surface area contributed by atoms with Crippen molar-refractivity contribution in [3.05, 3.63) is 64.4 Å². The molecule has 1 heterocycles.